The van der Waals surface area contributed by atoms with Crippen LogP contribution < -0.4 is 9.64 Å². The second-order valence-electron chi connectivity index (χ2n) is 8.62. The van der Waals surface area contributed by atoms with Crippen LogP contribution >= 0.6 is 0 Å². The first kappa shape index (κ1) is 22.8. The van der Waals surface area contributed by atoms with Gasteiger partial charge in [-0.05, 0) is 56.0 Å². The van der Waals surface area contributed by atoms with Crippen LogP contribution in [0.2, 0.25) is 0 Å². The minimum atomic E-state index is -1.000. The molecule has 3 aromatic rings. The molecule has 2 aromatic carbocycles. The van der Waals surface area contributed by atoms with Gasteiger partial charge in [-0.1, -0.05) is 38.1 Å². The van der Waals surface area contributed by atoms with Gasteiger partial charge in [0.2, 0.25) is 11.9 Å². The molecule has 7 nitrogen and oxygen atoms in total. The fourth-order valence-electron chi connectivity index (χ4n) is 4.38. The van der Waals surface area contributed by atoms with Crippen LogP contribution in [0.4, 0.5) is 5.95 Å². The van der Waals surface area contributed by atoms with Crippen molar-refractivity contribution in [2.45, 2.75) is 40.2 Å². The van der Waals surface area contributed by atoms with Crippen LogP contribution in [0.25, 0.3) is 11.0 Å². The summed E-state index contributed by atoms with van der Waals surface area (Å²) in [4.78, 5) is 33.5. The van der Waals surface area contributed by atoms with Crippen molar-refractivity contribution in [2.24, 2.45) is 11.8 Å². The van der Waals surface area contributed by atoms with Gasteiger partial charge < -0.3 is 14.0 Å². The largest absolute Gasteiger partial charge is 0.494 e. The second-order valence-corrected chi connectivity index (χ2v) is 8.62. The molecule has 7 heteroatoms. The highest BCUT2D eigenvalue weighted by Crippen LogP contribution is 2.41. The molecule has 0 unspecified atom stereocenters. The van der Waals surface area contributed by atoms with Crippen LogP contribution in [0.15, 0.2) is 48.5 Å². The number of esters is 1. The summed E-state index contributed by atoms with van der Waals surface area (Å²) >= 11 is 0. The van der Waals surface area contributed by atoms with E-state index in [9.17, 15) is 9.59 Å². The minimum absolute atomic E-state index is 0.210. The Balaban J connectivity index is 1.91. The quantitative estimate of drug-likeness (QED) is 0.371. The highest BCUT2D eigenvalue weighted by Gasteiger charge is 2.47. The van der Waals surface area contributed by atoms with Gasteiger partial charge in [0.05, 0.1) is 30.3 Å². The zero-order valence-corrected chi connectivity index (χ0v) is 19.7. The molecule has 33 heavy (non-hydrogen) atoms. The minimum Gasteiger partial charge on any atom is -0.494 e. The van der Waals surface area contributed by atoms with E-state index in [1.54, 1.807) is 11.8 Å². The van der Waals surface area contributed by atoms with Gasteiger partial charge >= 0.3 is 5.97 Å². The molecule has 1 aromatic heterocycles. The Morgan fingerprint density at radius 3 is 2.45 bits per heavy atom. The second kappa shape index (κ2) is 9.65. The number of ether oxygens (including phenoxy) is 2. The topological polar surface area (TPSA) is 73.7 Å². The van der Waals surface area contributed by atoms with Crippen molar-refractivity contribution in [3.05, 3.63) is 54.1 Å². The van der Waals surface area contributed by atoms with Crippen LogP contribution in [0.3, 0.4) is 0 Å². The Labute approximate surface area is 194 Å². The normalized spacial score (nSPS) is 18.0. The molecule has 0 saturated carbocycles. The van der Waals surface area contributed by atoms with E-state index in [1.165, 1.54) is 0 Å². The van der Waals surface area contributed by atoms with Crippen LogP contribution in [0.5, 0.6) is 5.75 Å². The molecule has 1 aliphatic heterocycles. The summed E-state index contributed by atoms with van der Waals surface area (Å²) in [5.74, 6) is -0.0672. The molecule has 0 fully saturated rings. The summed E-state index contributed by atoms with van der Waals surface area (Å²) < 4.78 is 13.0. The zero-order valence-electron chi connectivity index (χ0n) is 19.7. The number of carbonyl (C=O) groups excluding carboxylic acids is 2. The van der Waals surface area contributed by atoms with E-state index in [0.29, 0.717) is 25.0 Å². The molecule has 0 radical (unpaired) electrons. The molecule has 4 rings (SSSR count). The van der Waals surface area contributed by atoms with Crippen LogP contribution in [-0.2, 0) is 14.3 Å². The maximum absolute atomic E-state index is 13.8. The van der Waals surface area contributed by atoms with Crippen molar-refractivity contribution in [1.82, 2.24) is 9.55 Å². The predicted molar refractivity (Wildman–Crippen MR) is 127 cm³/mol. The number of nitrogens with zero attached hydrogens (tertiary/aromatic N) is 3. The van der Waals surface area contributed by atoms with Crippen molar-refractivity contribution >= 4 is 28.9 Å². The Kier molecular flexibility index (Phi) is 6.67. The van der Waals surface area contributed by atoms with Gasteiger partial charge in [-0.2, -0.15) is 0 Å². The number of amides is 1. The zero-order chi connectivity index (χ0) is 23.5. The molecule has 0 bridgehead atoms. The highest BCUT2D eigenvalue weighted by molar-refractivity contribution is 6.08. The molecule has 1 amide bonds. The first-order valence-corrected chi connectivity index (χ1v) is 11.6. The van der Waals surface area contributed by atoms with Gasteiger partial charge in [-0.25, -0.2) is 4.98 Å². The summed E-state index contributed by atoms with van der Waals surface area (Å²) in [6.07, 6.45) is 0.804. The summed E-state index contributed by atoms with van der Waals surface area (Å²) in [5.41, 5.74) is 2.50. The first-order chi connectivity index (χ1) is 16.0. The van der Waals surface area contributed by atoms with Crippen molar-refractivity contribution in [3.63, 3.8) is 0 Å². The third-order valence-electron chi connectivity index (χ3n) is 5.95. The van der Waals surface area contributed by atoms with E-state index in [4.69, 9.17) is 14.5 Å². The lowest BCUT2D eigenvalue weighted by atomic mass is 9.89. The van der Waals surface area contributed by atoms with E-state index in [0.717, 1.165) is 28.8 Å². The smallest absolute Gasteiger partial charge is 0.321 e. The number of imidazole rings is 1. The van der Waals surface area contributed by atoms with E-state index in [2.05, 4.69) is 13.8 Å². The summed E-state index contributed by atoms with van der Waals surface area (Å²) in [6, 6.07) is 14.8. The third-order valence-corrected chi connectivity index (χ3v) is 5.95. The number of benzene rings is 2. The highest BCUT2D eigenvalue weighted by atomic mass is 16.5. The number of anilines is 1. The van der Waals surface area contributed by atoms with Crippen molar-refractivity contribution < 1.29 is 19.1 Å². The predicted octanol–water partition coefficient (Wildman–Crippen LogP) is 4.60. The van der Waals surface area contributed by atoms with Gasteiger partial charge in [0.15, 0.2) is 5.92 Å². The number of hydrogen-bond acceptors (Lipinski definition) is 5. The number of rotatable bonds is 8. The van der Waals surface area contributed by atoms with Gasteiger partial charge in [-0.15, -0.1) is 0 Å². The molecule has 0 saturated heterocycles. The molecule has 0 aliphatic carbocycles. The Hall–Kier alpha value is -3.35. The Morgan fingerprint density at radius 1 is 1.06 bits per heavy atom. The lowest BCUT2D eigenvalue weighted by Crippen LogP contribution is -2.50. The van der Waals surface area contributed by atoms with Gasteiger partial charge in [-0.3, -0.25) is 14.5 Å². The molecule has 1 aliphatic rings. The van der Waals surface area contributed by atoms with Crippen LogP contribution in [-0.4, -0.2) is 41.2 Å². The van der Waals surface area contributed by atoms with Crippen molar-refractivity contribution in [3.8, 4) is 5.75 Å². The molecule has 0 spiro atoms. The number of hydrogen-bond donors (Lipinski definition) is 0. The fraction of sp³-hybridized carbons (Fsp3) is 0.423. The Bertz CT molecular complexity index is 1140. The summed E-state index contributed by atoms with van der Waals surface area (Å²) in [5, 5.41) is 0. The van der Waals surface area contributed by atoms with E-state index in [-0.39, 0.29) is 12.5 Å². The fourth-order valence-corrected chi connectivity index (χ4v) is 4.38. The summed E-state index contributed by atoms with van der Waals surface area (Å²) in [6.45, 7) is 9.18. The number of fused-ring (bicyclic) bond motifs is 3. The monoisotopic (exact) mass is 449 g/mol. The van der Waals surface area contributed by atoms with Crippen LogP contribution in [0.1, 0.15) is 45.7 Å². The molecule has 174 valence electrons. The maximum Gasteiger partial charge on any atom is 0.321 e. The SMILES string of the molecule is CCOC(=O)[C@H]1C(=O)N(CCC(C)C)c2nc3ccccc3n2[C@@H]1c1ccc(OCC)cc1. The Morgan fingerprint density at radius 2 is 1.79 bits per heavy atom. The average molecular weight is 450 g/mol. The van der Waals surface area contributed by atoms with E-state index in [1.807, 2.05) is 60.0 Å². The van der Waals surface area contributed by atoms with Crippen molar-refractivity contribution in [2.75, 3.05) is 24.7 Å². The summed E-state index contributed by atoms with van der Waals surface area (Å²) in [7, 11) is 0. The average Bonchev–Trinajstić information content (AvgIpc) is 3.17. The lowest BCUT2D eigenvalue weighted by molar-refractivity contribution is -0.153. The number of para-hydroxylation sites is 2. The van der Waals surface area contributed by atoms with Crippen LogP contribution in [0, 0.1) is 11.8 Å². The molecular formula is C26H31N3O4. The van der Waals surface area contributed by atoms with E-state index < -0.39 is 17.9 Å². The van der Waals surface area contributed by atoms with E-state index >= 15 is 0 Å². The maximum atomic E-state index is 13.8. The van der Waals surface area contributed by atoms with Gasteiger partial charge in [0, 0.05) is 6.54 Å². The van der Waals surface area contributed by atoms with Gasteiger partial charge in [0.1, 0.15) is 5.75 Å². The molecule has 2 atom stereocenters. The third kappa shape index (κ3) is 4.32. The van der Waals surface area contributed by atoms with Crippen molar-refractivity contribution in [1.29, 1.82) is 0 Å². The molecular weight excluding hydrogens is 418 g/mol. The standard InChI is InChI=1S/C26H31N3O4/c1-5-32-19-13-11-18(12-14-19)23-22(25(31)33-6-2)24(30)28(16-15-17(3)4)26-27-20-9-7-8-10-21(20)29(23)26/h7-14,17,22-23H,5-6,15-16H2,1-4H3/t22-,23-/m1/s1. The molecule has 2 heterocycles. The first-order valence-electron chi connectivity index (χ1n) is 11.6. The molecule has 0 N–H and O–H groups in total. The number of carbonyl (C=O) groups is 2. The number of aromatic nitrogens is 2. The van der Waals surface area contributed by atoms with Gasteiger partial charge in [0.25, 0.3) is 0 Å². The lowest BCUT2D eigenvalue weighted by Gasteiger charge is -2.38.